The first-order valence-electron chi connectivity index (χ1n) is 9.19. The number of hydrogen-bond donors (Lipinski definition) is 4. The van der Waals surface area contributed by atoms with E-state index in [9.17, 15) is 4.79 Å². The first kappa shape index (κ1) is 18.4. The molecule has 2 fully saturated rings. The van der Waals surface area contributed by atoms with Crippen molar-refractivity contribution in [2.45, 2.75) is 24.6 Å². The molecule has 0 aromatic heterocycles. The Balaban J connectivity index is 1.35. The molecule has 2 aliphatic rings. The number of nitrogens with one attached hydrogen (secondary N) is 4. The van der Waals surface area contributed by atoms with Crippen LogP contribution in [0.15, 0.2) is 48.5 Å². The summed E-state index contributed by atoms with van der Waals surface area (Å²) < 4.78 is 5.75. The van der Waals surface area contributed by atoms with Crippen LogP contribution in [0.2, 0.25) is 5.02 Å². The maximum atomic E-state index is 12.6. The Kier molecular flexibility index (Phi) is 5.71. The molecule has 0 radical (unpaired) electrons. The van der Waals surface area contributed by atoms with Crippen LogP contribution in [-0.4, -0.2) is 31.6 Å². The van der Waals surface area contributed by atoms with Gasteiger partial charge in [0.1, 0.15) is 6.04 Å². The third-order valence-electron chi connectivity index (χ3n) is 4.98. The minimum atomic E-state index is -0.322. The number of anilines is 1. The van der Waals surface area contributed by atoms with Crippen LogP contribution >= 0.6 is 11.6 Å². The molecule has 2 heterocycles. The minimum absolute atomic E-state index is 0.00720. The summed E-state index contributed by atoms with van der Waals surface area (Å²) in [5.41, 5.74) is 9.11. The number of rotatable bonds is 4. The van der Waals surface area contributed by atoms with Crippen LogP contribution in [0.3, 0.4) is 0 Å². The Hall–Kier alpha value is -1.96. The van der Waals surface area contributed by atoms with Crippen molar-refractivity contribution < 1.29 is 9.53 Å². The van der Waals surface area contributed by atoms with Gasteiger partial charge >= 0.3 is 0 Å². The Morgan fingerprint density at radius 1 is 1.11 bits per heavy atom. The van der Waals surface area contributed by atoms with E-state index in [1.54, 1.807) is 0 Å². The largest absolute Gasteiger partial charge is 0.371 e. The van der Waals surface area contributed by atoms with E-state index in [0.717, 1.165) is 36.5 Å². The fourth-order valence-electron chi connectivity index (χ4n) is 3.48. The molecule has 6 nitrogen and oxygen atoms in total. The SMILES string of the molecule is O=C(Nc1ccc([C@@H]2CNCCO2)cc1)C1CC(c2ccccc2Cl)NN1. The van der Waals surface area contributed by atoms with E-state index in [1.165, 1.54) is 0 Å². The maximum Gasteiger partial charge on any atom is 0.242 e. The van der Waals surface area contributed by atoms with E-state index >= 15 is 0 Å². The Bertz CT molecular complexity index is 793. The molecule has 27 heavy (non-hydrogen) atoms. The molecular weight excluding hydrogens is 364 g/mol. The van der Waals surface area contributed by atoms with E-state index in [0.29, 0.717) is 11.4 Å². The molecule has 4 rings (SSSR count). The zero-order valence-electron chi connectivity index (χ0n) is 14.9. The Morgan fingerprint density at radius 3 is 2.67 bits per heavy atom. The summed E-state index contributed by atoms with van der Waals surface area (Å²) in [6.07, 6.45) is 0.704. The van der Waals surface area contributed by atoms with Crippen molar-refractivity contribution in [3.05, 3.63) is 64.7 Å². The van der Waals surface area contributed by atoms with E-state index < -0.39 is 0 Å². The van der Waals surface area contributed by atoms with Gasteiger partial charge in [-0.15, -0.1) is 0 Å². The monoisotopic (exact) mass is 386 g/mol. The van der Waals surface area contributed by atoms with Crippen molar-refractivity contribution >= 4 is 23.2 Å². The smallest absolute Gasteiger partial charge is 0.242 e. The lowest BCUT2D eigenvalue weighted by atomic mass is 10.0. The number of amides is 1. The van der Waals surface area contributed by atoms with Crippen LogP contribution < -0.4 is 21.5 Å². The third-order valence-corrected chi connectivity index (χ3v) is 5.32. The number of halogens is 1. The molecule has 2 aliphatic heterocycles. The Morgan fingerprint density at radius 2 is 1.93 bits per heavy atom. The van der Waals surface area contributed by atoms with Crippen LogP contribution in [-0.2, 0) is 9.53 Å². The highest BCUT2D eigenvalue weighted by Crippen LogP contribution is 2.28. The molecular formula is C20H23ClN4O2. The standard InChI is InChI=1S/C20H23ClN4O2/c21-16-4-2-1-3-15(16)17-11-18(25-24-17)20(26)23-14-7-5-13(6-8-14)19-12-22-9-10-27-19/h1-8,17-19,22,24-25H,9-12H2,(H,23,26)/t17?,18?,19-/m0/s1. The van der Waals surface area contributed by atoms with Gasteiger partial charge in [0.25, 0.3) is 0 Å². The fourth-order valence-corrected chi connectivity index (χ4v) is 3.75. The van der Waals surface area contributed by atoms with Crippen molar-refractivity contribution in [2.24, 2.45) is 0 Å². The van der Waals surface area contributed by atoms with Crippen molar-refractivity contribution in [1.29, 1.82) is 0 Å². The summed E-state index contributed by atoms with van der Waals surface area (Å²) in [5.74, 6) is -0.0691. The highest BCUT2D eigenvalue weighted by molar-refractivity contribution is 6.31. The number of benzene rings is 2. The minimum Gasteiger partial charge on any atom is -0.371 e. The molecule has 142 valence electrons. The van der Waals surface area contributed by atoms with E-state index in [-0.39, 0.29) is 24.1 Å². The first-order chi connectivity index (χ1) is 13.2. The summed E-state index contributed by atoms with van der Waals surface area (Å²) in [4.78, 5) is 12.6. The Labute approximate surface area is 163 Å². The van der Waals surface area contributed by atoms with Crippen molar-refractivity contribution in [3.8, 4) is 0 Å². The highest BCUT2D eigenvalue weighted by atomic mass is 35.5. The molecule has 2 aromatic rings. The fraction of sp³-hybridized carbons (Fsp3) is 0.350. The third kappa shape index (κ3) is 4.31. The molecule has 3 atom stereocenters. The van der Waals surface area contributed by atoms with E-state index in [1.807, 2.05) is 48.5 Å². The van der Waals surface area contributed by atoms with Gasteiger partial charge in [0.15, 0.2) is 0 Å². The number of hydrogen-bond acceptors (Lipinski definition) is 5. The molecule has 2 saturated heterocycles. The molecule has 0 aliphatic carbocycles. The second-order valence-corrected chi connectivity index (χ2v) is 7.23. The van der Waals surface area contributed by atoms with Crippen LogP contribution in [0.1, 0.15) is 29.7 Å². The molecule has 2 unspecified atom stereocenters. The zero-order valence-corrected chi connectivity index (χ0v) is 15.6. The quantitative estimate of drug-likeness (QED) is 0.650. The molecule has 2 aromatic carbocycles. The average molecular weight is 387 g/mol. The lowest BCUT2D eigenvalue weighted by molar-refractivity contribution is -0.117. The molecule has 4 N–H and O–H groups in total. The van der Waals surface area contributed by atoms with Crippen LogP contribution in [0.4, 0.5) is 5.69 Å². The number of morpholine rings is 1. The number of carbonyl (C=O) groups excluding carboxylic acids is 1. The molecule has 0 spiro atoms. The molecule has 1 amide bonds. The summed E-state index contributed by atoms with van der Waals surface area (Å²) in [7, 11) is 0. The lowest BCUT2D eigenvalue weighted by Gasteiger charge is -2.24. The average Bonchev–Trinajstić information content (AvgIpc) is 3.20. The number of ether oxygens (including phenoxy) is 1. The van der Waals surface area contributed by atoms with Gasteiger partial charge in [-0.3, -0.25) is 4.79 Å². The normalized spacial score (nSPS) is 25.3. The van der Waals surface area contributed by atoms with Gasteiger partial charge < -0.3 is 15.4 Å². The summed E-state index contributed by atoms with van der Waals surface area (Å²) in [6, 6.07) is 15.2. The molecule has 0 saturated carbocycles. The summed E-state index contributed by atoms with van der Waals surface area (Å²) >= 11 is 6.26. The van der Waals surface area contributed by atoms with Crippen LogP contribution in [0.5, 0.6) is 0 Å². The molecule has 0 bridgehead atoms. The topological polar surface area (TPSA) is 74.4 Å². The predicted molar refractivity (Wildman–Crippen MR) is 106 cm³/mol. The van der Waals surface area contributed by atoms with Crippen LogP contribution in [0, 0.1) is 0 Å². The van der Waals surface area contributed by atoms with Crippen LogP contribution in [0.25, 0.3) is 0 Å². The van der Waals surface area contributed by atoms with Crippen molar-refractivity contribution in [1.82, 2.24) is 16.2 Å². The van der Waals surface area contributed by atoms with Gasteiger partial charge in [-0.2, -0.15) is 0 Å². The van der Waals surface area contributed by atoms with Gasteiger partial charge in [0.2, 0.25) is 5.91 Å². The summed E-state index contributed by atoms with van der Waals surface area (Å²) in [5, 5.41) is 6.99. The van der Waals surface area contributed by atoms with Crippen molar-refractivity contribution in [3.63, 3.8) is 0 Å². The maximum absolute atomic E-state index is 12.6. The van der Waals surface area contributed by atoms with Gasteiger partial charge in [0.05, 0.1) is 12.7 Å². The van der Waals surface area contributed by atoms with Crippen molar-refractivity contribution in [2.75, 3.05) is 25.0 Å². The van der Waals surface area contributed by atoms with Gasteiger partial charge in [-0.1, -0.05) is 41.9 Å². The lowest BCUT2D eigenvalue weighted by Crippen LogP contribution is -2.39. The van der Waals surface area contributed by atoms with Gasteiger partial charge in [0, 0.05) is 29.8 Å². The number of hydrazine groups is 1. The number of carbonyl (C=O) groups is 1. The van der Waals surface area contributed by atoms with Gasteiger partial charge in [-0.05, 0) is 35.7 Å². The molecule has 7 heteroatoms. The second-order valence-electron chi connectivity index (χ2n) is 6.83. The predicted octanol–water partition coefficient (Wildman–Crippen LogP) is 2.55. The highest BCUT2D eigenvalue weighted by Gasteiger charge is 2.31. The van der Waals surface area contributed by atoms with E-state index in [2.05, 4.69) is 21.5 Å². The van der Waals surface area contributed by atoms with Gasteiger partial charge in [-0.25, -0.2) is 10.9 Å². The second kappa shape index (κ2) is 8.37. The van der Waals surface area contributed by atoms with E-state index in [4.69, 9.17) is 16.3 Å². The first-order valence-corrected chi connectivity index (χ1v) is 9.57. The summed E-state index contributed by atoms with van der Waals surface area (Å²) in [6.45, 7) is 2.42. The zero-order chi connectivity index (χ0) is 18.6.